The van der Waals surface area contributed by atoms with E-state index in [4.69, 9.17) is 10.2 Å². The second-order valence-electron chi connectivity index (χ2n) is 6.08. The van der Waals surface area contributed by atoms with Crippen molar-refractivity contribution in [1.82, 2.24) is 10.9 Å². The summed E-state index contributed by atoms with van der Waals surface area (Å²) in [6, 6.07) is -0.853. The highest BCUT2D eigenvalue weighted by atomic mass is 16.4. The first kappa shape index (κ1) is 21.9. The summed E-state index contributed by atoms with van der Waals surface area (Å²) in [6.45, 7) is 2.93. The van der Waals surface area contributed by atoms with E-state index >= 15 is 0 Å². The van der Waals surface area contributed by atoms with Crippen molar-refractivity contribution in [1.29, 1.82) is 0 Å². The average Bonchev–Trinajstić information content (AvgIpc) is 2.50. The third-order valence-corrected chi connectivity index (χ3v) is 3.88. The lowest BCUT2D eigenvalue weighted by Crippen LogP contribution is -2.46. The van der Waals surface area contributed by atoms with Crippen LogP contribution in [0.5, 0.6) is 0 Å². The van der Waals surface area contributed by atoms with Crippen molar-refractivity contribution >= 4 is 11.9 Å². The monoisotopic (exact) mass is 330 g/mol. The van der Waals surface area contributed by atoms with Crippen molar-refractivity contribution in [2.24, 2.45) is 0 Å². The third-order valence-electron chi connectivity index (χ3n) is 3.88. The number of aliphatic carboxylic acids is 2. The molecule has 0 heterocycles. The summed E-state index contributed by atoms with van der Waals surface area (Å²) in [5, 5.41) is 17.5. The van der Waals surface area contributed by atoms with Gasteiger partial charge in [-0.15, -0.1) is 0 Å². The molecule has 0 amide bonds. The van der Waals surface area contributed by atoms with Crippen LogP contribution >= 0.6 is 0 Å². The Morgan fingerprint density at radius 1 is 0.870 bits per heavy atom. The van der Waals surface area contributed by atoms with E-state index in [0.29, 0.717) is 6.54 Å². The summed E-state index contributed by atoms with van der Waals surface area (Å²) < 4.78 is 0. The highest BCUT2D eigenvalue weighted by Crippen LogP contribution is 2.10. The molecule has 23 heavy (non-hydrogen) atoms. The maximum atomic E-state index is 10.9. The van der Waals surface area contributed by atoms with Gasteiger partial charge in [0.05, 0.1) is 0 Å². The van der Waals surface area contributed by atoms with Gasteiger partial charge in [0.2, 0.25) is 0 Å². The van der Waals surface area contributed by atoms with Crippen LogP contribution in [-0.2, 0) is 9.59 Å². The van der Waals surface area contributed by atoms with E-state index in [1.807, 2.05) is 0 Å². The number of unbranched alkanes of at least 4 members (excludes halogenated alkanes) is 9. The van der Waals surface area contributed by atoms with Crippen LogP contribution in [0.2, 0.25) is 0 Å². The van der Waals surface area contributed by atoms with E-state index in [1.54, 1.807) is 0 Å². The van der Waals surface area contributed by atoms with Gasteiger partial charge in [-0.25, -0.2) is 5.43 Å². The summed E-state index contributed by atoms with van der Waals surface area (Å²) in [7, 11) is 0. The van der Waals surface area contributed by atoms with Gasteiger partial charge >= 0.3 is 11.9 Å². The van der Waals surface area contributed by atoms with Gasteiger partial charge in [-0.3, -0.25) is 15.0 Å². The van der Waals surface area contributed by atoms with E-state index in [9.17, 15) is 9.59 Å². The molecule has 0 saturated carbocycles. The zero-order chi connectivity index (χ0) is 17.3. The number of carbonyl (C=O) groups is 2. The van der Waals surface area contributed by atoms with E-state index in [0.717, 1.165) is 12.8 Å². The number of hydrogen-bond acceptors (Lipinski definition) is 4. The Labute approximate surface area is 140 Å². The summed E-state index contributed by atoms with van der Waals surface area (Å²) in [5.41, 5.74) is 5.58. The molecule has 0 fully saturated rings. The molecule has 0 saturated heterocycles. The lowest BCUT2D eigenvalue weighted by atomic mass is 10.1. The molecule has 0 rings (SSSR count). The standard InChI is InChI=1S/C17H34N2O4/c1-2-3-4-5-6-7-8-9-10-11-14-18-19-15(17(22)23)12-13-16(20)21/h15,18-19H,2-14H2,1H3,(H,20,21)(H,22,23). The lowest BCUT2D eigenvalue weighted by Gasteiger charge is -2.14. The number of hydrazine groups is 1. The Morgan fingerprint density at radius 2 is 1.39 bits per heavy atom. The lowest BCUT2D eigenvalue weighted by molar-refractivity contribution is -0.141. The minimum Gasteiger partial charge on any atom is -0.481 e. The molecule has 1 unspecified atom stereocenters. The largest absolute Gasteiger partial charge is 0.481 e. The van der Waals surface area contributed by atoms with E-state index < -0.39 is 18.0 Å². The zero-order valence-electron chi connectivity index (χ0n) is 14.5. The van der Waals surface area contributed by atoms with Gasteiger partial charge in [0.1, 0.15) is 6.04 Å². The summed E-state index contributed by atoms with van der Waals surface area (Å²) in [6.07, 6.45) is 12.6. The summed E-state index contributed by atoms with van der Waals surface area (Å²) in [5.74, 6) is -2.01. The van der Waals surface area contributed by atoms with Crippen molar-refractivity contribution < 1.29 is 19.8 Å². The molecule has 6 heteroatoms. The van der Waals surface area contributed by atoms with Gasteiger partial charge in [0.15, 0.2) is 0 Å². The molecule has 4 N–H and O–H groups in total. The highest BCUT2D eigenvalue weighted by Gasteiger charge is 2.17. The fraction of sp³-hybridized carbons (Fsp3) is 0.882. The molecule has 0 spiro atoms. The van der Waals surface area contributed by atoms with Gasteiger partial charge in [-0.05, 0) is 12.8 Å². The predicted molar refractivity (Wildman–Crippen MR) is 91.3 cm³/mol. The number of rotatable bonds is 17. The molecule has 0 aromatic carbocycles. The Balaban J connectivity index is 3.39. The van der Waals surface area contributed by atoms with Gasteiger partial charge < -0.3 is 10.2 Å². The Kier molecular flexibility index (Phi) is 15.0. The van der Waals surface area contributed by atoms with Crippen LogP contribution < -0.4 is 10.9 Å². The molecule has 0 radical (unpaired) electrons. The second-order valence-corrected chi connectivity index (χ2v) is 6.08. The fourth-order valence-electron chi connectivity index (χ4n) is 2.42. The molecule has 0 aliphatic rings. The summed E-state index contributed by atoms with van der Waals surface area (Å²) >= 11 is 0. The van der Waals surface area contributed by atoms with Crippen LogP contribution in [0.1, 0.15) is 84.0 Å². The van der Waals surface area contributed by atoms with Crippen LogP contribution in [0.4, 0.5) is 0 Å². The number of carboxylic acid groups (broad SMARTS) is 2. The first-order valence-electron chi connectivity index (χ1n) is 9.01. The Morgan fingerprint density at radius 3 is 1.87 bits per heavy atom. The van der Waals surface area contributed by atoms with Gasteiger partial charge in [0.25, 0.3) is 0 Å². The highest BCUT2D eigenvalue weighted by molar-refractivity contribution is 5.74. The fourth-order valence-corrected chi connectivity index (χ4v) is 2.42. The Bertz CT molecular complexity index is 311. The van der Waals surface area contributed by atoms with E-state index in [1.165, 1.54) is 51.4 Å². The minimum absolute atomic E-state index is 0.0791. The molecule has 0 aliphatic carbocycles. The van der Waals surface area contributed by atoms with Crippen LogP contribution in [-0.4, -0.2) is 34.7 Å². The van der Waals surface area contributed by atoms with Crippen molar-refractivity contribution in [2.75, 3.05) is 6.54 Å². The molecule has 0 aromatic heterocycles. The molecular formula is C17H34N2O4. The molecule has 6 nitrogen and oxygen atoms in total. The molecule has 0 bridgehead atoms. The normalized spacial score (nSPS) is 12.2. The minimum atomic E-state index is -1.03. The maximum absolute atomic E-state index is 10.9. The average molecular weight is 330 g/mol. The van der Waals surface area contributed by atoms with E-state index in [2.05, 4.69) is 17.8 Å². The number of carboxylic acids is 2. The smallest absolute Gasteiger partial charge is 0.322 e. The second kappa shape index (κ2) is 15.7. The van der Waals surface area contributed by atoms with Crippen molar-refractivity contribution in [3.8, 4) is 0 Å². The quantitative estimate of drug-likeness (QED) is 0.241. The molecular weight excluding hydrogens is 296 g/mol. The van der Waals surface area contributed by atoms with Crippen molar-refractivity contribution in [2.45, 2.75) is 90.0 Å². The van der Waals surface area contributed by atoms with Gasteiger partial charge in [-0.2, -0.15) is 0 Å². The molecule has 1 atom stereocenters. The first-order valence-corrected chi connectivity index (χ1v) is 9.01. The zero-order valence-corrected chi connectivity index (χ0v) is 14.5. The number of nitrogens with one attached hydrogen (secondary N) is 2. The Hall–Kier alpha value is -1.14. The van der Waals surface area contributed by atoms with Crippen molar-refractivity contribution in [3.05, 3.63) is 0 Å². The maximum Gasteiger partial charge on any atom is 0.322 e. The van der Waals surface area contributed by atoms with E-state index in [-0.39, 0.29) is 12.8 Å². The van der Waals surface area contributed by atoms with Crippen LogP contribution in [0.3, 0.4) is 0 Å². The third kappa shape index (κ3) is 15.5. The van der Waals surface area contributed by atoms with Gasteiger partial charge in [0, 0.05) is 13.0 Å². The first-order chi connectivity index (χ1) is 11.1. The number of hydrogen-bond donors (Lipinski definition) is 4. The molecule has 0 aliphatic heterocycles. The molecule has 0 aromatic rings. The summed E-state index contributed by atoms with van der Waals surface area (Å²) in [4.78, 5) is 21.4. The van der Waals surface area contributed by atoms with Crippen LogP contribution in [0, 0.1) is 0 Å². The SMILES string of the molecule is CCCCCCCCCCCCNNC(CCC(=O)O)C(=O)O. The van der Waals surface area contributed by atoms with Crippen LogP contribution in [0.15, 0.2) is 0 Å². The van der Waals surface area contributed by atoms with Gasteiger partial charge in [-0.1, -0.05) is 64.7 Å². The molecule has 136 valence electrons. The topological polar surface area (TPSA) is 98.7 Å². The van der Waals surface area contributed by atoms with Crippen molar-refractivity contribution in [3.63, 3.8) is 0 Å². The predicted octanol–water partition coefficient (Wildman–Crippen LogP) is 3.32. The van der Waals surface area contributed by atoms with Crippen LogP contribution in [0.25, 0.3) is 0 Å².